The highest BCUT2D eigenvalue weighted by molar-refractivity contribution is 5.99. The van der Waals surface area contributed by atoms with E-state index in [1.165, 1.54) is 0 Å². The third-order valence-corrected chi connectivity index (χ3v) is 3.02. The molecule has 1 unspecified atom stereocenters. The molecular formula is C16H26N2O2. The van der Waals surface area contributed by atoms with E-state index >= 15 is 0 Å². The maximum absolute atomic E-state index is 12.2. The molecule has 4 heteroatoms. The maximum Gasteiger partial charge on any atom is 0.253 e. The molecule has 1 atom stereocenters. The Balaban J connectivity index is 2.68. The van der Waals surface area contributed by atoms with E-state index in [-0.39, 0.29) is 12.5 Å². The fourth-order valence-corrected chi connectivity index (χ4v) is 2.34. The van der Waals surface area contributed by atoms with E-state index in [0.29, 0.717) is 17.9 Å². The SMILES string of the molecule is CCNc1ccccc1C(=O)NCC(C)(O)CC(C)C. The molecule has 20 heavy (non-hydrogen) atoms. The zero-order valence-corrected chi connectivity index (χ0v) is 12.9. The minimum atomic E-state index is -0.878. The predicted octanol–water partition coefficient (Wildman–Crippen LogP) is 2.65. The zero-order chi connectivity index (χ0) is 15.2. The van der Waals surface area contributed by atoms with Gasteiger partial charge in [-0.2, -0.15) is 0 Å². The van der Waals surface area contributed by atoms with Gasteiger partial charge in [0.25, 0.3) is 5.91 Å². The molecule has 1 aromatic carbocycles. The van der Waals surface area contributed by atoms with Crippen LogP contribution < -0.4 is 10.6 Å². The second-order valence-corrected chi connectivity index (χ2v) is 5.85. The molecule has 0 aromatic heterocycles. The highest BCUT2D eigenvalue weighted by atomic mass is 16.3. The van der Waals surface area contributed by atoms with Gasteiger partial charge in [-0.15, -0.1) is 0 Å². The van der Waals surface area contributed by atoms with Crippen LogP contribution >= 0.6 is 0 Å². The molecule has 4 nitrogen and oxygen atoms in total. The lowest BCUT2D eigenvalue weighted by Gasteiger charge is -2.25. The van der Waals surface area contributed by atoms with Gasteiger partial charge in [-0.25, -0.2) is 0 Å². The average molecular weight is 278 g/mol. The number of anilines is 1. The quantitative estimate of drug-likeness (QED) is 0.718. The third-order valence-electron chi connectivity index (χ3n) is 3.02. The molecule has 0 radical (unpaired) electrons. The molecule has 1 amide bonds. The van der Waals surface area contributed by atoms with Crippen molar-refractivity contribution in [3.05, 3.63) is 29.8 Å². The van der Waals surface area contributed by atoms with Gasteiger partial charge in [0.2, 0.25) is 0 Å². The highest BCUT2D eigenvalue weighted by Gasteiger charge is 2.23. The van der Waals surface area contributed by atoms with Gasteiger partial charge in [-0.3, -0.25) is 4.79 Å². The van der Waals surface area contributed by atoms with Gasteiger partial charge in [-0.1, -0.05) is 26.0 Å². The molecule has 0 fully saturated rings. The summed E-state index contributed by atoms with van der Waals surface area (Å²) >= 11 is 0. The topological polar surface area (TPSA) is 61.4 Å². The van der Waals surface area contributed by atoms with E-state index in [0.717, 1.165) is 12.2 Å². The summed E-state index contributed by atoms with van der Waals surface area (Å²) in [6.45, 7) is 8.86. The molecule has 0 bridgehead atoms. The molecule has 0 aliphatic rings. The summed E-state index contributed by atoms with van der Waals surface area (Å²) in [7, 11) is 0. The molecule has 112 valence electrons. The summed E-state index contributed by atoms with van der Waals surface area (Å²) in [5.74, 6) is 0.224. The number of para-hydroxylation sites is 1. The first-order valence-corrected chi connectivity index (χ1v) is 7.19. The Morgan fingerprint density at radius 1 is 1.35 bits per heavy atom. The van der Waals surface area contributed by atoms with Crippen molar-refractivity contribution in [2.45, 2.75) is 39.7 Å². The number of rotatable bonds is 7. The van der Waals surface area contributed by atoms with Crippen LogP contribution in [0.25, 0.3) is 0 Å². The summed E-state index contributed by atoms with van der Waals surface area (Å²) in [5, 5.41) is 16.2. The second kappa shape index (κ2) is 7.29. The van der Waals surface area contributed by atoms with Crippen LogP contribution in [0.5, 0.6) is 0 Å². The van der Waals surface area contributed by atoms with Crippen LogP contribution in [-0.4, -0.2) is 29.7 Å². The van der Waals surface area contributed by atoms with Crippen LogP contribution in [0.3, 0.4) is 0 Å². The molecular weight excluding hydrogens is 252 g/mol. The molecule has 0 aliphatic carbocycles. The van der Waals surface area contributed by atoms with Crippen molar-refractivity contribution in [2.75, 3.05) is 18.4 Å². The Morgan fingerprint density at radius 2 is 2.00 bits per heavy atom. The zero-order valence-electron chi connectivity index (χ0n) is 12.9. The number of benzene rings is 1. The number of hydrogen-bond donors (Lipinski definition) is 3. The van der Waals surface area contributed by atoms with E-state index in [9.17, 15) is 9.90 Å². The van der Waals surface area contributed by atoms with Crippen molar-refractivity contribution in [3.8, 4) is 0 Å². The van der Waals surface area contributed by atoms with Gasteiger partial charge in [-0.05, 0) is 38.3 Å². The number of hydrogen-bond acceptors (Lipinski definition) is 3. The largest absolute Gasteiger partial charge is 0.388 e. The Kier molecular flexibility index (Phi) is 6.02. The fraction of sp³-hybridized carbons (Fsp3) is 0.562. The lowest BCUT2D eigenvalue weighted by molar-refractivity contribution is 0.0368. The van der Waals surface area contributed by atoms with Crippen LogP contribution in [-0.2, 0) is 0 Å². The monoisotopic (exact) mass is 278 g/mol. The number of aliphatic hydroxyl groups is 1. The van der Waals surface area contributed by atoms with Gasteiger partial charge >= 0.3 is 0 Å². The molecule has 0 saturated heterocycles. The average Bonchev–Trinajstić information content (AvgIpc) is 2.36. The van der Waals surface area contributed by atoms with Crippen LogP contribution in [0.4, 0.5) is 5.69 Å². The van der Waals surface area contributed by atoms with E-state index in [2.05, 4.69) is 24.5 Å². The molecule has 1 rings (SSSR count). The van der Waals surface area contributed by atoms with Crippen molar-refractivity contribution in [1.29, 1.82) is 0 Å². The Labute approximate surface area is 121 Å². The van der Waals surface area contributed by atoms with Gasteiger partial charge in [0.15, 0.2) is 0 Å². The van der Waals surface area contributed by atoms with Crippen molar-refractivity contribution < 1.29 is 9.90 Å². The minimum Gasteiger partial charge on any atom is -0.388 e. The van der Waals surface area contributed by atoms with E-state index in [4.69, 9.17) is 0 Å². The van der Waals surface area contributed by atoms with Crippen LogP contribution in [0.15, 0.2) is 24.3 Å². The van der Waals surface area contributed by atoms with E-state index in [1.807, 2.05) is 25.1 Å². The second-order valence-electron chi connectivity index (χ2n) is 5.85. The normalized spacial score (nSPS) is 13.9. The van der Waals surface area contributed by atoms with Crippen molar-refractivity contribution >= 4 is 11.6 Å². The lowest BCUT2D eigenvalue weighted by Crippen LogP contribution is -2.41. The first-order chi connectivity index (χ1) is 9.35. The molecule has 0 spiro atoms. The molecule has 0 aliphatic heterocycles. The van der Waals surface area contributed by atoms with Gasteiger partial charge in [0, 0.05) is 18.8 Å². The number of amides is 1. The first kappa shape index (κ1) is 16.5. The van der Waals surface area contributed by atoms with E-state index < -0.39 is 5.60 Å². The van der Waals surface area contributed by atoms with Crippen molar-refractivity contribution in [3.63, 3.8) is 0 Å². The number of nitrogens with one attached hydrogen (secondary N) is 2. The van der Waals surface area contributed by atoms with E-state index in [1.54, 1.807) is 13.0 Å². The molecule has 0 heterocycles. The van der Waals surface area contributed by atoms with Gasteiger partial charge in [0.1, 0.15) is 0 Å². The molecule has 1 aromatic rings. The fourth-order valence-electron chi connectivity index (χ4n) is 2.34. The van der Waals surface area contributed by atoms with Crippen molar-refractivity contribution in [1.82, 2.24) is 5.32 Å². The summed E-state index contributed by atoms with van der Waals surface area (Å²) in [6, 6.07) is 7.39. The lowest BCUT2D eigenvalue weighted by atomic mass is 9.94. The standard InChI is InChI=1S/C16H26N2O2/c1-5-17-14-9-7-6-8-13(14)15(19)18-11-16(4,20)10-12(2)3/h6-9,12,17,20H,5,10-11H2,1-4H3,(H,18,19). The third kappa shape index (κ3) is 5.21. The highest BCUT2D eigenvalue weighted by Crippen LogP contribution is 2.17. The van der Waals surface area contributed by atoms with Crippen LogP contribution in [0, 0.1) is 5.92 Å². The predicted molar refractivity (Wildman–Crippen MR) is 83.0 cm³/mol. The Bertz CT molecular complexity index is 442. The Hall–Kier alpha value is -1.55. The molecule has 0 saturated carbocycles. The number of carbonyl (C=O) groups excluding carboxylic acids is 1. The van der Waals surface area contributed by atoms with Crippen LogP contribution in [0.2, 0.25) is 0 Å². The van der Waals surface area contributed by atoms with Gasteiger partial charge < -0.3 is 15.7 Å². The summed E-state index contributed by atoms with van der Waals surface area (Å²) in [4.78, 5) is 12.2. The summed E-state index contributed by atoms with van der Waals surface area (Å²) < 4.78 is 0. The first-order valence-electron chi connectivity index (χ1n) is 7.19. The smallest absolute Gasteiger partial charge is 0.253 e. The van der Waals surface area contributed by atoms with Crippen molar-refractivity contribution in [2.24, 2.45) is 5.92 Å². The van der Waals surface area contributed by atoms with Gasteiger partial charge in [0.05, 0.1) is 11.2 Å². The maximum atomic E-state index is 12.2. The summed E-state index contributed by atoms with van der Waals surface area (Å²) in [5.41, 5.74) is 0.544. The number of carbonyl (C=O) groups is 1. The van der Waals surface area contributed by atoms with Crippen LogP contribution in [0.1, 0.15) is 44.5 Å². The Morgan fingerprint density at radius 3 is 2.60 bits per heavy atom. The minimum absolute atomic E-state index is 0.161. The molecule has 3 N–H and O–H groups in total. The summed E-state index contributed by atoms with van der Waals surface area (Å²) in [6.07, 6.45) is 0.655.